The highest BCUT2D eigenvalue weighted by molar-refractivity contribution is 5.38. The lowest BCUT2D eigenvalue weighted by molar-refractivity contribution is -0.184. The molecule has 5 nitrogen and oxygen atoms in total. The van der Waals surface area contributed by atoms with Crippen LogP contribution in [0.3, 0.4) is 0 Å². The van der Waals surface area contributed by atoms with Gasteiger partial charge in [0.1, 0.15) is 5.82 Å². The van der Waals surface area contributed by atoms with Crippen LogP contribution in [0.4, 0.5) is 5.82 Å². The molecule has 0 atom stereocenters. The predicted octanol–water partition coefficient (Wildman–Crippen LogP) is 1.89. The van der Waals surface area contributed by atoms with Gasteiger partial charge in [-0.3, -0.25) is 4.90 Å². The monoisotopic (exact) mass is 303 g/mol. The molecule has 0 aromatic carbocycles. The van der Waals surface area contributed by atoms with Crippen LogP contribution in [-0.4, -0.2) is 61.1 Å². The summed E-state index contributed by atoms with van der Waals surface area (Å²) in [6.45, 7) is 5.96. The Morgan fingerprint density at radius 1 is 1.00 bits per heavy atom. The number of anilines is 1. The number of nitrogens with zero attached hydrogens (tertiary/aromatic N) is 3. The van der Waals surface area contributed by atoms with E-state index in [0.717, 1.165) is 58.1 Å². The van der Waals surface area contributed by atoms with Gasteiger partial charge in [-0.1, -0.05) is 6.07 Å². The SMILES string of the molecule is c1ccc(N2CCN(C3CCC4(CC3)OCCO4)CC2)nc1. The molecule has 2 saturated heterocycles. The second-order valence-electron chi connectivity index (χ2n) is 6.55. The fraction of sp³-hybridized carbons (Fsp3) is 0.706. The topological polar surface area (TPSA) is 37.8 Å². The molecule has 3 heterocycles. The van der Waals surface area contributed by atoms with E-state index in [1.165, 1.54) is 12.8 Å². The lowest BCUT2D eigenvalue weighted by Crippen LogP contribution is -2.52. The zero-order valence-corrected chi connectivity index (χ0v) is 13.1. The van der Waals surface area contributed by atoms with Crippen LogP contribution in [0.2, 0.25) is 0 Å². The van der Waals surface area contributed by atoms with Crippen molar-refractivity contribution in [3.05, 3.63) is 24.4 Å². The third-order valence-corrected chi connectivity index (χ3v) is 5.33. The van der Waals surface area contributed by atoms with Crippen LogP contribution >= 0.6 is 0 Å². The number of aromatic nitrogens is 1. The summed E-state index contributed by atoms with van der Waals surface area (Å²) in [5.41, 5.74) is 0. The normalized spacial score (nSPS) is 26.6. The number of ether oxygens (including phenoxy) is 2. The fourth-order valence-corrected chi connectivity index (χ4v) is 4.05. The van der Waals surface area contributed by atoms with E-state index in [1.54, 1.807) is 0 Å². The van der Waals surface area contributed by atoms with Crippen molar-refractivity contribution >= 4 is 5.82 Å². The van der Waals surface area contributed by atoms with Gasteiger partial charge in [0.2, 0.25) is 0 Å². The molecule has 1 aromatic heterocycles. The van der Waals surface area contributed by atoms with E-state index in [4.69, 9.17) is 9.47 Å². The Bertz CT molecular complexity index is 472. The average molecular weight is 303 g/mol. The standard InChI is InChI=1S/C17H25N3O2/c1-2-8-18-16(3-1)20-11-9-19(10-12-20)15-4-6-17(7-5-15)21-13-14-22-17/h1-3,8,15H,4-7,9-14H2. The van der Waals surface area contributed by atoms with Gasteiger partial charge in [0.15, 0.2) is 5.79 Å². The summed E-state index contributed by atoms with van der Waals surface area (Å²) in [5.74, 6) is 0.879. The van der Waals surface area contributed by atoms with Crippen molar-refractivity contribution in [3.8, 4) is 0 Å². The molecule has 0 amide bonds. The summed E-state index contributed by atoms with van der Waals surface area (Å²) < 4.78 is 11.7. The van der Waals surface area contributed by atoms with Crippen LogP contribution in [-0.2, 0) is 9.47 Å². The number of piperazine rings is 1. The highest BCUT2D eigenvalue weighted by Crippen LogP contribution is 2.37. The van der Waals surface area contributed by atoms with Gasteiger partial charge in [-0.2, -0.15) is 0 Å². The van der Waals surface area contributed by atoms with Gasteiger partial charge in [0.05, 0.1) is 13.2 Å². The minimum Gasteiger partial charge on any atom is -0.354 e. The van der Waals surface area contributed by atoms with E-state index >= 15 is 0 Å². The molecular formula is C17H25N3O2. The highest BCUT2D eigenvalue weighted by Gasteiger charge is 2.41. The molecule has 3 aliphatic rings. The molecule has 0 N–H and O–H groups in total. The first-order valence-corrected chi connectivity index (χ1v) is 8.53. The van der Waals surface area contributed by atoms with Crippen LogP contribution in [0, 0.1) is 0 Å². The molecule has 5 heteroatoms. The van der Waals surface area contributed by atoms with Gasteiger partial charge in [0.25, 0.3) is 0 Å². The summed E-state index contributed by atoms with van der Waals surface area (Å²) in [7, 11) is 0. The zero-order valence-electron chi connectivity index (χ0n) is 13.1. The molecular weight excluding hydrogens is 278 g/mol. The molecule has 0 bridgehead atoms. The molecule has 1 saturated carbocycles. The van der Waals surface area contributed by atoms with E-state index < -0.39 is 0 Å². The third kappa shape index (κ3) is 2.85. The highest BCUT2D eigenvalue weighted by atomic mass is 16.7. The molecule has 3 fully saturated rings. The molecule has 4 rings (SSSR count). The summed E-state index contributed by atoms with van der Waals surface area (Å²) in [6, 6.07) is 6.85. The second kappa shape index (κ2) is 6.14. The number of hydrogen-bond acceptors (Lipinski definition) is 5. The lowest BCUT2D eigenvalue weighted by Gasteiger charge is -2.44. The van der Waals surface area contributed by atoms with Gasteiger partial charge in [0, 0.05) is 51.3 Å². The molecule has 1 aliphatic carbocycles. The quantitative estimate of drug-likeness (QED) is 0.834. The van der Waals surface area contributed by atoms with E-state index in [1.807, 2.05) is 12.3 Å². The van der Waals surface area contributed by atoms with Crippen LogP contribution in [0.15, 0.2) is 24.4 Å². The number of pyridine rings is 1. The molecule has 1 aromatic rings. The number of rotatable bonds is 2. The van der Waals surface area contributed by atoms with Gasteiger partial charge in [-0.25, -0.2) is 4.98 Å². The Kier molecular flexibility index (Phi) is 4.03. The van der Waals surface area contributed by atoms with Crippen LogP contribution < -0.4 is 4.90 Å². The average Bonchev–Trinajstić information content (AvgIpc) is 3.05. The summed E-state index contributed by atoms with van der Waals surface area (Å²) in [5, 5.41) is 0. The summed E-state index contributed by atoms with van der Waals surface area (Å²) in [4.78, 5) is 9.51. The van der Waals surface area contributed by atoms with E-state index in [2.05, 4.69) is 26.9 Å². The first-order valence-electron chi connectivity index (χ1n) is 8.53. The van der Waals surface area contributed by atoms with E-state index in [9.17, 15) is 0 Å². The van der Waals surface area contributed by atoms with Crippen LogP contribution in [0.1, 0.15) is 25.7 Å². The Hall–Kier alpha value is -1.17. The van der Waals surface area contributed by atoms with Gasteiger partial charge < -0.3 is 14.4 Å². The largest absolute Gasteiger partial charge is 0.354 e. The maximum atomic E-state index is 5.83. The molecule has 120 valence electrons. The summed E-state index contributed by atoms with van der Waals surface area (Å²) >= 11 is 0. The maximum absolute atomic E-state index is 5.83. The zero-order chi connectivity index (χ0) is 14.8. The Labute approximate surface area is 132 Å². The number of hydrogen-bond donors (Lipinski definition) is 0. The van der Waals surface area contributed by atoms with Crippen molar-refractivity contribution in [3.63, 3.8) is 0 Å². The fourth-order valence-electron chi connectivity index (χ4n) is 4.05. The van der Waals surface area contributed by atoms with Gasteiger partial charge in [-0.15, -0.1) is 0 Å². The predicted molar refractivity (Wildman–Crippen MR) is 84.9 cm³/mol. The molecule has 2 aliphatic heterocycles. The Balaban J connectivity index is 1.29. The molecule has 1 spiro atoms. The third-order valence-electron chi connectivity index (χ3n) is 5.33. The molecule has 22 heavy (non-hydrogen) atoms. The van der Waals surface area contributed by atoms with Crippen molar-refractivity contribution < 1.29 is 9.47 Å². The first-order chi connectivity index (χ1) is 10.8. The Morgan fingerprint density at radius 2 is 1.73 bits per heavy atom. The molecule has 0 unspecified atom stereocenters. The van der Waals surface area contributed by atoms with Crippen molar-refractivity contribution in [2.75, 3.05) is 44.3 Å². The van der Waals surface area contributed by atoms with Gasteiger partial charge >= 0.3 is 0 Å². The van der Waals surface area contributed by atoms with Crippen molar-refractivity contribution in [1.82, 2.24) is 9.88 Å². The maximum Gasteiger partial charge on any atom is 0.168 e. The summed E-state index contributed by atoms with van der Waals surface area (Å²) in [6.07, 6.45) is 6.38. The van der Waals surface area contributed by atoms with Crippen molar-refractivity contribution in [2.45, 2.75) is 37.5 Å². The van der Waals surface area contributed by atoms with Crippen molar-refractivity contribution in [2.24, 2.45) is 0 Å². The van der Waals surface area contributed by atoms with Crippen molar-refractivity contribution in [1.29, 1.82) is 0 Å². The van der Waals surface area contributed by atoms with Gasteiger partial charge in [-0.05, 0) is 25.0 Å². The lowest BCUT2D eigenvalue weighted by atomic mass is 9.89. The Morgan fingerprint density at radius 3 is 2.36 bits per heavy atom. The van der Waals surface area contributed by atoms with Crippen LogP contribution in [0.5, 0.6) is 0 Å². The second-order valence-corrected chi connectivity index (χ2v) is 6.55. The van der Waals surface area contributed by atoms with Crippen LogP contribution in [0.25, 0.3) is 0 Å². The molecule has 0 radical (unpaired) electrons. The minimum absolute atomic E-state index is 0.230. The van der Waals surface area contributed by atoms with E-state index in [0.29, 0.717) is 6.04 Å². The van der Waals surface area contributed by atoms with E-state index in [-0.39, 0.29) is 5.79 Å². The smallest absolute Gasteiger partial charge is 0.168 e. The minimum atomic E-state index is -0.230. The first kappa shape index (κ1) is 14.4.